The molecule has 1 unspecified atom stereocenters. The molecule has 2 heterocycles. The summed E-state index contributed by atoms with van der Waals surface area (Å²) in [6.45, 7) is 0.347. The number of halogens is 1. The third-order valence-corrected chi connectivity index (χ3v) is 7.86. The van der Waals surface area contributed by atoms with Crippen LogP contribution in [-0.4, -0.2) is 34.0 Å². The molecule has 0 fully saturated rings. The van der Waals surface area contributed by atoms with Crippen LogP contribution < -0.4 is 4.72 Å². The Morgan fingerprint density at radius 1 is 1.30 bits per heavy atom. The van der Waals surface area contributed by atoms with E-state index in [1.165, 1.54) is 11.3 Å². The van der Waals surface area contributed by atoms with E-state index in [0.717, 1.165) is 4.88 Å². The fraction of sp³-hybridized carbons (Fsp3) is 0.333. The molecule has 110 valence electrons. The van der Waals surface area contributed by atoms with Crippen LogP contribution in [0.25, 0.3) is 0 Å². The first-order valence-electron chi connectivity index (χ1n) is 5.84. The first-order valence-corrected chi connectivity index (χ1v) is 9.88. The van der Waals surface area contributed by atoms with E-state index >= 15 is 0 Å². The molecule has 0 spiro atoms. The summed E-state index contributed by atoms with van der Waals surface area (Å²) in [6, 6.07) is 5.76. The summed E-state index contributed by atoms with van der Waals surface area (Å²) in [5.41, 5.74) is 0. The lowest BCUT2D eigenvalue weighted by Crippen LogP contribution is -2.34. The molecular weight excluding hydrogens is 380 g/mol. The third-order valence-electron chi connectivity index (χ3n) is 2.79. The van der Waals surface area contributed by atoms with E-state index in [-0.39, 0.29) is 6.04 Å². The van der Waals surface area contributed by atoms with Crippen molar-refractivity contribution in [2.75, 3.05) is 20.6 Å². The molecule has 20 heavy (non-hydrogen) atoms. The number of thiophene rings is 2. The summed E-state index contributed by atoms with van der Waals surface area (Å²) < 4.78 is 28.1. The Balaban J connectivity index is 2.12. The largest absolute Gasteiger partial charge is 0.300 e. The van der Waals surface area contributed by atoms with Gasteiger partial charge in [-0.05, 0) is 52.9 Å². The molecule has 0 aliphatic carbocycles. The van der Waals surface area contributed by atoms with Crippen LogP contribution in [0.4, 0.5) is 0 Å². The maximum absolute atomic E-state index is 12.3. The van der Waals surface area contributed by atoms with Crippen molar-refractivity contribution in [2.24, 2.45) is 0 Å². The highest BCUT2D eigenvalue weighted by atomic mass is 79.9. The number of nitrogens with one attached hydrogen (secondary N) is 1. The van der Waals surface area contributed by atoms with Crippen LogP contribution in [0.3, 0.4) is 0 Å². The van der Waals surface area contributed by atoms with Gasteiger partial charge in [0.05, 0.1) is 6.04 Å². The molecule has 8 heteroatoms. The van der Waals surface area contributed by atoms with Crippen molar-refractivity contribution in [1.29, 1.82) is 0 Å². The monoisotopic (exact) mass is 394 g/mol. The molecule has 2 rings (SSSR count). The van der Waals surface area contributed by atoms with Crippen LogP contribution in [0.1, 0.15) is 10.9 Å². The zero-order valence-corrected chi connectivity index (χ0v) is 15.1. The number of rotatable bonds is 6. The lowest BCUT2D eigenvalue weighted by molar-refractivity contribution is 0.303. The van der Waals surface area contributed by atoms with Gasteiger partial charge in [-0.25, -0.2) is 13.1 Å². The fourth-order valence-electron chi connectivity index (χ4n) is 1.74. The van der Waals surface area contributed by atoms with E-state index in [0.29, 0.717) is 15.2 Å². The molecule has 1 N–H and O–H groups in total. The van der Waals surface area contributed by atoms with Gasteiger partial charge in [-0.3, -0.25) is 0 Å². The normalized spacial score (nSPS) is 13.8. The third kappa shape index (κ3) is 3.69. The first kappa shape index (κ1) is 16.1. The van der Waals surface area contributed by atoms with Crippen molar-refractivity contribution in [3.8, 4) is 0 Å². The molecule has 0 aromatic carbocycles. The molecule has 0 saturated carbocycles. The Kier molecular flexibility index (Phi) is 5.38. The predicted octanol–water partition coefficient (Wildman–Crippen LogP) is 3.15. The Hall–Kier alpha value is -0.250. The van der Waals surface area contributed by atoms with Crippen LogP contribution in [-0.2, 0) is 10.0 Å². The summed E-state index contributed by atoms with van der Waals surface area (Å²) in [7, 11) is 0.421. The molecule has 2 aromatic rings. The maximum Gasteiger partial charge on any atom is 0.251 e. The lowest BCUT2D eigenvalue weighted by Gasteiger charge is -2.23. The summed E-state index contributed by atoms with van der Waals surface area (Å²) >= 11 is 6.09. The second kappa shape index (κ2) is 6.67. The second-order valence-electron chi connectivity index (χ2n) is 4.40. The SMILES string of the molecule is CN(C)C(CNS(=O)(=O)c1sccc1Br)c1cccs1. The van der Waals surface area contributed by atoms with Gasteiger partial charge in [0.25, 0.3) is 10.0 Å². The Labute approximate surface area is 135 Å². The van der Waals surface area contributed by atoms with Gasteiger partial charge in [-0.2, -0.15) is 0 Å². The minimum atomic E-state index is -3.47. The molecule has 0 saturated heterocycles. The van der Waals surface area contributed by atoms with Crippen molar-refractivity contribution in [1.82, 2.24) is 9.62 Å². The highest BCUT2D eigenvalue weighted by molar-refractivity contribution is 9.10. The van der Waals surface area contributed by atoms with E-state index < -0.39 is 10.0 Å². The van der Waals surface area contributed by atoms with Crippen LogP contribution in [0, 0.1) is 0 Å². The topological polar surface area (TPSA) is 49.4 Å². The minimum Gasteiger partial charge on any atom is -0.300 e. The van der Waals surface area contributed by atoms with Crippen molar-refractivity contribution >= 4 is 48.6 Å². The maximum atomic E-state index is 12.3. The van der Waals surface area contributed by atoms with Gasteiger partial charge in [0.2, 0.25) is 0 Å². The van der Waals surface area contributed by atoms with Crippen LogP contribution in [0.2, 0.25) is 0 Å². The Bertz CT molecular complexity index is 650. The zero-order valence-electron chi connectivity index (χ0n) is 11.0. The van der Waals surface area contributed by atoms with E-state index in [1.807, 2.05) is 36.5 Å². The lowest BCUT2D eigenvalue weighted by atomic mass is 10.2. The van der Waals surface area contributed by atoms with E-state index in [9.17, 15) is 8.42 Å². The highest BCUT2D eigenvalue weighted by Crippen LogP contribution is 2.28. The second-order valence-corrected chi connectivity index (χ2v) is 9.11. The number of nitrogens with zero attached hydrogens (tertiary/aromatic N) is 1. The van der Waals surface area contributed by atoms with Gasteiger partial charge in [-0.1, -0.05) is 6.07 Å². The number of sulfonamides is 1. The molecule has 4 nitrogen and oxygen atoms in total. The van der Waals surface area contributed by atoms with Crippen molar-refractivity contribution < 1.29 is 8.42 Å². The molecule has 1 atom stereocenters. The first-order chi connectivity index (χ1) is 9.42. The summed E-state index contributed by atoms with van der Waals surface area (Å²) in [4.78, 5) is 3.15. The zero-order chi connectivity index (χ0) is 14.8. The van der Waals surface area contributed by atoms with Crippen molar-refractivity contribution in [2.45, 2.75) is 10.3 Å². The summed E-state index contributed by atoms with van der Waals surface area (Å²) in [5.74, 6) is 0. The number of likely N-dealkylation sites (N-methyl/N-ethyl adjacent to an activating group) is 1. The molecule has 0 bridgehead atoms. The average Bonchev–Trinajstić information content (AvgIpc) is 3.00. The number of hydrogen-bond acceptors (Lipinski definition) is 5. The highest BCUT2D eigenvalue weighted by Gasteiger charge is 2.22. The molecule has 0 aliphatic rings. The van der Waals surface area contributed by atoms with Crippen molar-refractivity contribution in [3.05, 3.63) is 38.3 Å². The van der Waals surface area contributed by atoms with Crippen LogP contribution in [0.15, 0.2) is 37.6 Å². The van der Waals surface area contributed by atoms with Crippen LogP contribution >= 0.6 is 38.6 Å². The summed E-state index contributed by atoms with van der Waals surface area (Å²) in [6.07, 6.45) is 0. The van der Waals surface area contributed by atoms with E-state index in [1.54, 1.807) is 22.8 Å². The quantitative estimate of drug-likeness (QED) is 0.818. The minimum absolute atomic E-state index is 0.0310. The van der Waals surface area contributed by atoms with Gasteiger partial charge in [0, 0.05) is 15.9 Å². The summed E-state index contributed by atoms with van der Waals surface area (Å²) in [5, 5.41) is 3.75. The van der Waals surface area contributed by atoms with Gasteiger partial charge in [-0.15, -0.1) is 22.7 Å². The molecule has 2 aromatic heterocycles. The standard InChI is InChI=1S/C12H15BrN2O2S3/c1-15(2)10(11-4-3-6-18-11)8-14-20(16,17)12-9(13)5-7-19-12/h3-7,10,14H,8H2,1-2H3. The Morgan fingerprint density at radius 2 is 2.05 bits per heavy atom. The van der Waals surface area contributed by atoms with Gasteiger partial charge < -0.3 is 4.90 Å². The molecule has 0 radical (unpaired) electrons. The smallest absolute Gasteiger partial charge is 0.251 e. The Morgan fingerprint density at radius 3 is 2.55 bits per heavy atom. The van der Waals surface area contributed by atoms with Gasteiger partial charge in [0.1, 0.15) is 4.21 Å². The molecular formula is C12H15BrN2O2S3. The van der Waals surface area contributed by atoms with Crippen LogP contribution in [0.5, 0.6) is 0 Å². The molecule has 0 amide bonds. The van der Waals surface area contributed by atoms with Gasteiger partial charge in [0.15, 0.2) is 0 Å². The predicted molar refractivity (Wildman–Crippen MR) is 88.0 cm³/mol. The molecule has 0 aliphatic heterocycles. The van der Waals surface area contributed by atoms with Gasteiger partial charge >= 0.3 is 0 Å². The average molecular weight is 395 g/mol. The number of hydrogen-bond donors (Lipinski definition) is 1. The van der Waals surface area contributed by atoms with E-state index in [4.69, 9.17) is 0 Å². The van der Waals surface area contributed by atoms with Crippen molar-refractivity contribution in [3.63, 3.8) is 0 Å². The fourth-order valence-corrected chi connectivity index (χ4v) is 6.09. The van der Waals surface area contributed by atoms with E-state index in [2.05, 4.69) is 20.7 Å².